The number of nitrogens with one attached hydrogen (secondary N) is 1. The summed E-state index contributed by atoms with van der Waals surface area (Å²) >= 11 is 0. The molecule has 0 saturated heterocycles. The minimum Gasteiger partial charge on any atom is -0.465 e. The van der Waals surface area contributed by atoms with Gasteiger partial charge in [0.1, 0.15) is 6.29 Å². The molecule has 0 aliphatic rings. The summed E-state index contributed by atoms with van der Waals surface area (Å²) in [4.78, 5) is 20.9. The van der Waals surface area contributed by atoms with Crippen LogP contribution in [-0.2, 0) is 11.2 Å². The third-order valence-electron chi connectivity index (χ3n) is 2.27. The van der Waals surface area contributed by atoms with E-state index >= 15 is 0 Å². The summed E-state index contributed by atoms with van der Waals surface area (Å²) in [6.45, 7) is 0. The molecule has 0 bridgehead atoms. The minimum absolute atomic E-state index is 0.131. The molecule has 0 aliphatic heterocycles. The number of aldehydes is 1. The zero-order valence-electron chi connectivity index (χ0n) is 9.09. The molecular formula is C12H12N2O3. The average Bonchev–Trinajstić information content (AvgIpc) is 2.29. The van der Waals surface area contributed by atoms with Crippen molar-refractivity contribution in [2.75, 3.05) is 0 Å². The number of amides is 1. The molecule has 0 heterocycles. The predicted molar refractivity (Wildman–Crippen MR) is 60.5 cm³/mol. The molecule has 1 unspecified atom stereocenters. The molecule has 0 aromatic heterocycles. The smallest absolute Gasteiger partial charge is 0.404 e. The highest BCUT2D eigenvalue weighted by atomic mass is 16.4. The Morgan fingerprint density at radius 1 is 1.47 bits per heavy atom. The van der Waals surface area contributed by atoms with E-state index in [0.29, 0.717) is 18.3 Å². The maximum atomic E-state index is 10.5. The number of carbonyl (C=O) groups excluding carboxylic acids is 1. The Labute approximate surface area is 98.7 Å². The van der Waals surface area contributed by atoms with Crippen LogP contribution in [0.25, 0.3) is 0 Å². The summed E-state index contributed by atoms with van der Waals surface area (Å²) in [5.74, 6) is 0. The van der Waals surface area contributed by atoms with Crippen molar-refractivity contribution >= 4 is 12.4 Å². The molecule has 0 fully saturated rings. The van der Waals surface area contributed by atoms with Crippen LogP contribution in [0.5, 0.6) is 0 Å². The number of rotatable bonds is 5. The number of carboxylic acid groups (broad SMARTS) is 1. The van der Waals surface area contributed by atoms with E-state index in [1.165, 1.54) is 0 Å². The summed E-state index contributed by atoms with van der Waals surface area (Å²) in [5.41, 5.74) is 1.43. The second-order valence-electron chi connectivity index (χ2n) is 3.56. The lowest BCUT2D eigenvalue weighted by molar-refractivity contribution is -0.108. The Morgan fingerprint density at radius 2 is 2.12 bits per heavy atom. The van der Waals surface area contributed by atoms with Crippen molar-refractivity contribution in [2.45, 2.75) is 18.9 Å². The van der Waals surface area contributed by atoms with Crippen molar-refractivity contribution in [2.24, 2.45) is 0 Å². The van der Waals surface area contributed by atoms with E-state index in [2.05, 4.69) is 5.32 Å². The van der Waals surface area contributed by atoms with Crippen LogP contribution in [0.2, 0.25) is 0 Å². The van der Waals surface area contributed by atoms with Gasteiger partial charge < -0.3 is 15.2 Å². The van der Waals surface area contributed by atoms with E-state index in [4.69, 9.17) is 10.4 Å². The number of nitrogens with zero attached hydrogens (tertiary/aromatic N) is 1. The monoisotopic (exact) mass is 232 g/mol. The van der Waals surface area contributed by atoms with E-state index < -0.39 is 12.1 Å². The average molecular weight is 232 g/mol. The molecule has 2 N–H and O–H groups in total. The molecule has 1 amide bonds. The van der Waals surface area contributed by atoms with Gasteiger partial charge in [-0.2, -0.15) is 5.26 Å². The summed E-state index contributed by atoms with van der Waals surface area (Å²) in [5, 5.41) is 19.5. The van der Waals surface area contributed by atoms with Crippen LogP contribution in [0.4, 0.5) is 4.79 Å². The van der Waals surface area contributed by atoms with Crippen LogP contribution in [-0.4, -0.2) is 23.5 Å². The van der Waals surface area contributed by atoms with Crippen LogP contribution in [0, 0.1) is 11.3 Å². The molecule has 1 aromatic carbocycles. The van der Waals surface area contributed by atoms with Crippen molar-refractivity contribution in [3.63, 3.8) is 0 Å². The zero-order chi connectivity index (χ0) is 12.7. The normalized spacial score (nSPS) is 11.2. The number of carbonyl (C=O) groups is 2. The maximum absolute atomic E-state index is 10.5. The summed E-state index contributed by atoms with van der Waals surface area (Å²) in [6.07, 6.45) is 0.0957. The van der Waals surface area contributed by atoms with Gasteiger partial charge in [0.15, 0.2) is 0 Å². The number of hydrogen-bond acceptors (Lipinski definition) is 3. The molecule has 0 radical (unpaired) electrons. The Hall–Kier alpha value is -2.35. The first-order chi connectivity index (χ1) is 8.15. The number of nitriles is 1. The lowest BCUT2D eigenvalue weighted by Crippen LogP contribution is -2.35. The lowest BCUT2D eigenvalue weighted by atomic mass is 10.0. The van der Waals surface area contributed by atoms with Gasteiger partial charge in [-0.3, -0.25) is 0 Å². The third kappa shape index (κ3) is 4.34. The van der Waals surface area contributed by atoms with Gasteiger partial charge in [-0.25, -0.2) is 4.79 Å². The topological polar surface area (TPSA) is 90.2 Å². The van der Waals surface area contributed by atoms with E-state index in [1.807, 2.05) is 6.07 Å². The maximum Gasteiger partial charge on any atom is 0.404 e. The van der Waals surface area contributed by atoms with Crippen LogP contribution in [0.3, 0.4) is 0 Å². The molecule has 1 rings (SSSR count). The molecule has 0 spiro atoms. The van der Waals surface area contributed by atoms with E-state index in [9.17, 15) is 9.59 Å². The minimum atomic E-state index is -1.15. The molecule has 0 aliphatic carbocycles. The summed E-state index contributed by atoms with van der Waals surface area (Å²) in [7, 11) is 0. The van der Waals surface area contributed by atoms with Crippen LogP contribution in [0.1, 0.15) is 17.5 Å². The lowest BCUT2D eigenvalue weighted by Gasteiger charge is -2.13. The summed E-state index contributed by atoms with van der Waals surface area (Å²) < 4.78 is 0. The standard InChI is InChI=1S/C12H12N2O3/c13-8-10-3-1-9(2-4-10)7-11(5-6-15)14-12(16)17/h1-4,6,11,14H,5,7H2,(H,16,17). The van der Waals surface area contributed by atoms with Crippen molar-refractivity contribution in [3.8, 4) is 6.07 Å². The Bertz CT molecular complexity index is 434. The van der Waals surface area contributed by atoms with Crippen molar-refractivity contribution in [1.82, 2.24) is 5.32 Å². The highest BCUT2D eigenvalue weighted by molar-refractivity contribution is 5.65. The fraction of sp³-hybridized carbons (Fsp3) is 0.250. The van der Waals surface area contributed by atoms with E-state index in [0.717, 1.165) is 5.56 Å². The zero-order valence-corrected chi connectivity index (χ0v) is 9.09. The fourth-order valence-electron chi connectivity index (χ4n) is 1.48. The largest absolute Gasteiger partial charge is 0.465 e. The van der Waals surface area contributed by atoms with Gasteiger partial charge >= 0.3 is 6.09 Å². The number of hydrogen-bond donors (Lipinski definition) is 2. The molecule has 17 heavy (non-hydrogen) atoms. The molecular weight excluding hydrogens is 220 g/mol. The first-order valence-electron chi connectivity index (χ1n) is 5.08. The molecule has 5 heteroatoms. The van der Waals surface area contributed by atoms with Gasteiger partial charge in [-0.1, -0.05) is 12.1 Å². The van der Waals surface area contributed by atoms with Crippen LogP contribution in [0.15, 0.2) is 24.3 Å². The van der Waals surface area contributed by atoms with Crippen LogP contribution < -0.4 is 5.32 Å². The van der Waals surface area contributed by atoms with Gasteiger partial charge in [0.25, 0.3) is 0 Å². The Balaban J connectivity index is 2.68. The number of benzene rings is 1. The quantitative estimate of drug-likeness (QED) is 0.749. The molecule has 1 aromatic rings. The Kier molecular flexibility index (Phi) is 4.70. The first-order valence-corrected chi connectivity index (χ1v) is 5.08. The van der Waals surface area contributed by atoms with Gasteiger partial charge in [-0.05, 0) is 24.1 Å². The van der Waals surface area contributed by atoms with E-state index in [-0.39, 0.29) is 6.42 Å². The van der Waals surface area contributed by atoms with Crippen molar-refractivity contribution in [1.29, 1.82) is 5.26 Å². The highest BCUT2D eigenvalue weighted by Crippen LogP contribution is 2.07. The second-order valence-corrected chi connectivity index (χ2v) is 3.56. The van der Waals surface area contributed by atoms with Gasteiger partial charge in [0.05, 0.1) is 11.6 Å². The third-order valence-corrected chi connectivity index (χ3v) is 2.27. The SMILES string of the molecule is N#Cc1ccc(CC(CC=O)NC(=O)O)cc1. The van der Waals surface area contributed by atoms with Crippen LogP contribution >= 0.6 is 0 Å². The first kappa shape index (κ1) is 12.7. The molecule has 1 atom stereocenters. The second kappa shape index (κ2) is 6.28. The van der Waals surface area contributed by atoms with Crippen molar-refractivity contribution in [3.05, 3.63) is 35.4 Å². The fourth-order valence-corrected chi connectivity index (χ4v) is 1.48. The van der Waals surface area contributed by atoms with E-state index in [1.54, 1.807) is 24.3 Å². The molecule has 88 valence electrons. The summed E-state index contributed by atoms with van der Waals surface area (Å²) in [6, 6.07) is 8.39. The van der Waals surface area contributed by atoms with Gasteiger partial charge in [-0.15, -0.1) is 0 Å². The Morgan fingerprint density at radius 3 is 2.59 bits per heavy atom. The molecule has 5 nitrogen and oxygen atoms in total. The van der Waals surface area contributed by atoms with Crippen molar-refractivity contribution < 1.29 is 14.7 Å². The highest BCUT2D eigenvalue weighted by Gasteiger charge is 2.11. The van der Waals surface area contributed by atoms with Gasteiger partial charge in [0, 0.05) is 12.5 Å². The predicted octanol–water partition coefficient (Wildman–Crippen LogP) is 1.33. The van der Waals surface area contributed by atoms with Gasteiger partial charge in [0.2, 0.25) is 0 Å². The molecule has 0 saturated carbocycles.